The van der Waals surface area contributed by atoms with Crippen LogP contribution in [0.25, 0.3) is 21.8 Å². The summed E-state index contributed by atoms with van der Waals surface area (Å²) in [6.07, 6.45) is 2.69. The lowest BCUT2D eigenvalue weighted by Gasteiger charge is -2.41. The molecular formula is C26H27N3O2. The van der Waals surface area contributed by atoms with Crippen molar-refractivity contribution in [3.8, 4) is 0 Å². The molecule has 1 aliphatic heterocycles. The van der Waals surface area contributed by atoms with Gasteiger partial charge in [-0.3, -0.25) is 14.2 Å². The largest absolute Gasteiger partial charge is 0.317 e. The van der Waals surface area contributed by atoms with Crippen molar-refractivity contribution >= 4 is 21.8 Å². The fraction of sp³-hybridized carbons (Fsp3) is 0.308. The smallest absolute Gasteiger partial charge is 0.316 e. The molecule has 1 fully saturated rings. The molecule has 0 atom stereocenters. The minimum atomic E-state index is -0.543. The predicted molar refractivity (Wildman–Crippen MR) is 126 cm³/mol. The van der Waals surface area contributed by atoms with Crippen LogP contribution in [0.2, 0.25) is 0 Å². The minimum absolute atomic E-state index is 0.360. The summed E-state index contributed by atoms with van der Waals surface area (Å²) in [5.74, 6) is 0. The monoisotopic (exact) mass is 413 g/mol. The summed E-state index contributed by atoms with van der Waals surface area (Å²) < 4.78 is 1.74. The Labute approximate surface area is 180 Å². The Balaban J connectivity index is 1.35. The average Bonchev–Trinajstić information content (AvgIpc) is 2.79. The first-order valence-electron chi connectivity index (χ1n) is 11.0. The van der Waals surface area contributed by atoms with Gasteiger partial charge in [0, 0.05) is 25.2 Å². The van der Waals surface area contributed by atoms with Gasteiger partial charge < -0.3 is 9.88 Å². The maximum atomic E-state index is 12.8. The van der Waals surface area contributed by atoms with Crippen LogP contribution in [0.3, 0.4) is 0 Å². The Morgan fingerprint density at radius 1 is 0.903 bits per heavy atom. The highest BCUT2D eigenvalue weighted by Gasteiger charge is 2.34. The van der Waals surface area contributed by atoms with Gasteiger partial charge in [-0.25, -0.2) is 0 Å². The van der Waals surface area contributed by atoms with Crippen LogP contribution >= 0.6 is 0 Å². The van der Waals surface area contributed by atoms with E-state index in [1.807, 2.05) is 24.3 Å². The van der Waals surface area contributed by atoms with Crippen molar-refractivity contribution in [3.63, 3.8) is 0 Å². The number of nitrogens with one attached hydrogen (secondary N) is 1. The second-order valence-corrected chi connectivity index (χ2v) is 8.84. The zero-order valence-electron chi connectivity index (χ0n) is 17.8. The van der Waals surface area contributed by atoms with Gasteiger partial charge in [0.25, 0.3) is 0 Å². The van der Waals surface area contributed by atoms with Crippen LogP contribution in [0.1, 0.15) is 25.3 Å². The number of rotatable bonds is 4. The van der Waals surface area contributed by atoms with Gasteiger partial charge >= 0.3 is 11.1 Å². The van der Waals surface area contributed by atoms with Crippen LogP contribution in [0.5, 0.6) is 0 Å². The van der Waals surface area contributed by atoms with Crippen molar-refractivity contribution in [2.45, 2.75) is 31.7 Å². The molecule has 0 aliphatic carbocycles. The number of aromatic amines is 1. The molecule has 1 saturated heterocycles. The lowest BCUT2D eigenvalue weighted by atomic mass is 9.88. The number of likely N-dealkylation sites (tertiary alicyclic amines) is 1. The second-order valence-electron chi connectivity index (χ2n) is 8.84. The number of aromatic nitrogens is 2. The Kier molecular flexibility index (Phi) is 4.98. The fourth-order valence-corrected chi connectivity index (χ4v) is 4.97. The molecule has 0 bridgehead atoms. The van der Waals surface area contributed by atoms with Crippen LogP contribution in [-0.2, 0) is 12.0 Å². The number of H-pyrrole nitrogens is 1. The third kappa shape index (κ3) is 3.59. The van der Waals surface area contributed by atoms with Gasteiger partial charge in [0.2, 0.25) is 0 Å². The molecule has 0 radical (unpaired) electrons. The highest BCUT2D eigenvalue weighted by atomic mass is 16.2. The number of fused-ring (bicyclic) bond motifs is 2. The average molecular weight is 414 g/mol. The summed E-state index contributed by atoms with van der Waals surface area (Å²) in [7, 11) is 0. The molecule has 1 aliphatic rings. The highest BCUT2D eigenvalue weighted by Crippen LogP contribution is 2.31. The Morgan fingerprint density at radius 2 is 1.61 bits per heavy atom. The van der Waals surface area contributed by atoms with E-state index in [1.54, 1.807) is 4.57 Å². The van der Waals surface area contributed by atoms with Gasteiger partial charge in [-0.15, -0.1) is 0 Å². The minimum Gasteiger partial charge on any atom is -0.316 e. The molecule has 0 saturated carbocycles. The quantitative estimate of drug-likeness (QED) is 0.516. The molecule has 3 aromatic carbocycles. The molecule has 0 amide bonds. The van der Waals surface area contributed by atoms with E-state index in [0.29, 0.717) is 5.52 Å². The number of nitrogens with zero attached hydrogens (tertiary/aromatic N) is 2. The molecule has 5 rings (SSSR count). The maximum Gasteiger partial charge on any atom is 0.317 e. The van der Waals surface area contributed by atoms with Crippen molar-refractivity contribution in [3.05, 3.63) is 93.0 Å². The van der Waals surface area contributed by atoms with Crippen molar-refractivity contribution in [1.82, 2.24) is 14.5 Å². The standard InChI is InChI=1S/C26H27N3O2/c1-26(29-23-12-5-4-11-22(23)27-24(30)25(29)31)14-17-28(18-15-26)16-13-20-9-6-8-19-7-2-3-10-21(19)20/h2-12H,13-18H2,1H3,(H,27,30). The fourth-order valence-electron chi connectivity index (χ4n) is 4.97. The van der Waals surface area contributed by atoms with Crippen LogP contribution in [-0.4, -0.2) is 34.1 Å². The van der Waals surface area contributed by atoms with Crippen molar-refractivity contribution in [1.29, 1.82) is 0 Å². The third-order valence-corrected chi connectivity index (χ3v) is 6.84. The first-order valence-corrected chi connectivity index (χ1v) is 11.0. The molecule has 31 heavy (non-hydrogen) atoms. The first-order chi connectivity index (χ1) is 15.0. The lowest BCUT2D eigenvalue weighted by molar-refractivity contribution is 0.125. The van der Waals surface area contributed by atoms with Crippen molar-refractivity contribution in [2.75, 3.05) is 19.6 Å². The number of benzene rings is 3. The van der Waals surface area contributed by atoms with E-state index in [1.165, 1.54) is 16.3 Å². The summed E-state index contributed by atoms with van der Waals surface area (Å²) in [5, 5.41) is 2.61. The molecule has 5 nitrogen and oxygen atoms in total. The molecule has 0 unspecified atom stereocenters. The lowest BCUT2D eigenvalue weighted by Crippen LogP contribution is -2.51. The van der Waals surface area contributed by atoms with Gasteiger partial charge in [0.15, 0.2) is 0 Å². The first kappa shape index (κ1) is 19.8. The Hall–Kier alpha value is -3.18. The molecule has 2 heterocycles. The molecule has 0 spiro atoms. The maximum absolute atomic E-state index is 12.8. The van der Waals surface area contributed by atoms with Crippen LogP contribution in [0, 0.1) is 0 Å². The zero-order valence-corrected chi connectivity index (χ0v) is 17.8. The van der Waals surface area contributed by atoms with E-state index in [9.17, 15) is 9.59 Å². The number of hydrogen-bond donors (Lipinski definition) is 1. The topological polar surface area (TPSA) is 58.1 Å². The van der Waals surface area contributed by atoms with Crippen LogP contribution in [0.4, 0.5) is 0 Å². The van der Waals surface area contributed by atoms with Crippen molar-refractivity contribution in [2.24, 2.45) is 0 Å². The Bertz CT molecular complexity index is 1360. The summed E-state index contributed by atoms with van der Waals surface area (Å²) in [6, 6.07) is 22.6. The second kappa shape index (κ2) is 7.82. The summed E-state index contributed by atoms with van der Waals surface area (Å²) in [5.41, 5.74) is 1.54. The van der Waals surface area contributed by atoms with Crippen LogP contribution in [0.15, 0.2) is 76.3 Å². The van der Waals surface area contributed by atoms with Gasteiger partial charge in [0.05, 0.1) is 11.0 Å². The van der Waals surface area contributed by atoms with E-state index >= 15 is 0 Å². The highest BCUT2D eigenvalue weighted by molar-refractivity contribution is 5.85. The molecule has 1 N–H and O–H groups in total. The Morgan fingerprint density at radius 3 is 2.45 bits per heavy atom. The summed E-state index contributed by atoms with van der Waals surface area (Å²) >= 11 is 0. The predicted octanol–water partition coefficient (Wildman–Crippen LogP) is 3.90. The third-order valence-electron chi connectivity index (χ3n) is 6.84. The SMILES string of the molecule is CC1(n2c(=O)c(=O)[nH]c3ccccc32)CCN(CCc2cccc3ccccc23)CC1. The van der Waals surface area contributed by atoms with E-state index in [4.69, 9.17) is 0 Å². The normalized spacial score (nSPS) is 16.7. The van der Waals surface area contributed by atoms with Gasteiger partial charge in [-0.1, -0.05) is 54.6 Å². The van der Waals surface area contributed by atoms with E-state index in [-0.39, 0.29) is 5.54 Å². The van der Waals surface area contributed by atoms with Crippen LogP contribution < -0.4 is 11.1 Å². The van der Waals surface area contributed by atoms with Gasteiger partial charge in [0.1, 0.15) is 0 Å². The van der Waals surface area contributed by atoms with Gasteiger partial charge in [-0.05, 0) is 54.7 Å². The molecular weight excluding hydrogens is 386 g/mol. The van der Waals surface area contributed by atoms with E-state index in [2.05, 4.69) is 59.3 Å². The van der Waals surface area contributed by atoms with E-state index in [0.717, 1.165) is 44.4 Å². The zero-order chi connectivity index (χ0) is 21.4. The molecule has 5 heteroatoms. The van der Waals surface area contributed by atoms with Gasteiger partial charge in [-0.2, -0.15) is 0 Å². The molecule has 1 aromatic heterocycles. The number of para-hydroxylation sites is 2. The van der Waals surface area contributed by atoms with E-state index < -0.39 is 11.1 Å². The van der Waals surface area contributed by atoms with Crippen molar-refractivity contribution < 1.29 is 0 Å². The summed E-state index contributed by atoms with van der Waals surface area (Å²) in [4.78, 5) is 30.3. The molecule has 4 aromatic rings. The molecule has 158 valence electrons. The summed E-state index contributed by atoms with van der Waals surface area (Å²) in [6.45, 7) is 4.93. The number of hydrogen-bond acceptors (Lipinski definition) is 3. The number of piperidine rings is 1.